The van der Waals surface area contributed by atoms with Crippen LogP contribution < -0.4 is 4.90 Å². The highest BCUT2D eigenvalue weighted by molar-refractivity contribution is 6.21. The molecular formula is C16H17N3O2. The Labute approximate surface area is 123 Å². The van der Waals surface area contributed by atoms with E-state index < -0.39 is 6.04 Å². The first kappa shape index (κ1) is 13.5. The highest BCUT2D eigenvalue weighted by Crippen LogP contribution is 2.30. The number of aromatic nitrogens is 2. The van der Waals surface area contributed by atoms with Gasteiger partial charge in [-0.15, -0.1) is 0 Å². The molecule has 1 atom stereocenters. The lowest BCUT2D eigenvalue weighted by Gasteiger charge is -2.16. The van der Waals surface area contributed by atoms with Gasteiger partial charge in [-0.3, -0.25) is 14.3 Å². The summed E-state index contributed by atoms with van der Waals surface area (Å²) in [4.78, 5) is 26.1. The molecule has 5 nitrogen and oxygen atoms in total. The number of imide groups is 1. The number of hydrogen-bond donors (Lipinski definition) is 0. The third-order valence-corrected chi connectivity index (χ3v) is 3.75. The predicted octanol–water partition coefficient (Wildman–Crippen LogP) is 2.31. The zero-order valence-electron chi connectivity index (χ0n) is 12.3. The van der Waals surface area contributed by atoms with Gasteiger partial charge >= 0.3 is 0 Å². The lowest BCUT2D eigenvalue weighted by Crippen LogP contribution is -2.31. The third-order valence-electron chi connectivity index (χ3n) is 3.75. The smallest absolute Gasteiger partial charge is 0.259 e. The molecule has 1 aliphatic heterocycles. The van der Waals surface area contributed by atoms with Crippen molar-refractivity contribution in [3.8, 4) is 0 Å². The van der Waals surface area contributed by atoms with E-state index in [1.54, 1.807) is 16.8 Å². The minimum absolute atomic E-state index is 0.161. The van der Waals surface area contributed by atoms with Gasteiger partial charge in [-0.05, 0) is 39.0 Å². The zero-order valence-corrected chi connectivity index (χ0v) is 12.3. The molecule has 21 heavy (non-hydrogen) atoms. The van der Waals surface area contributed by atoms with Crippen molar-refractivity contribution in [2.24, 2.45) is 0 Å². The maximum absolute atomic E-state index is 12.6. The van der Waals surface area contributed by atoms with E-state index in [1.165, 1.54) is 4.90 Å². The van der Waals surface area contributed by atoms with Gasteiger partial charge in [-0.2, -0.15) is 5.10 Å². The van der Waals surface area contributed by atoms with Gasteiger partial charge < -0.3 is 0 Å². The molecule has 1 aromatic heterocycles. The van der Waals surface area contributed by atoms with E-state index in [0.29, 0.717) is 5.69 Å². The number of carbonyl (C=O) groups is 2. The molecule has 2 aromatic rings. The molecule has 1 aromatic carbocycles. The molecule has 0 bridgehead atoms. The van der Waals surface area contributed by atoms with Crippen LogP contribution in [0, 0.1) is 20.8 Å². The second kappa shape index (κ2) is 4.84. The van der Waals surface area contributed by atoms with E-state index in [1.807, 2.05) is 39.0 Å². The van der Waals surface area contributed by atoms with Crippen molar-refractivity contribution in [2.45, 2.75) is 33.2 Å². The number of carbonyl (C=O) groups excluding carboxylic acids is 2. The fourth-order valence-electron chi connectivity index (χ4n) is 2.73. The van der Waals surface area contributed by atoms with E-state index in [-0.39, 0.29) is 18.2 Å². The molecule has 2 heterocycles. The molecule has 0 spiro atoms. The van der Waals surface area contributed by atoms with Crippen LogP contribution in [0.5, 0.6) is 0 Å². The number of nitrogens with zero attached hydrogens (tertiary/aromatic N) is 3. The molecule has 108 valence electrons. The largest absolute Gasteiger partial charge is 0.274 e. The van der Waals surface area contributed by atoms with E-state index in [0.717, 1.165) is 17.0 Å². The minimum atomic E-state index is -0.535. The molecule has 2 amide bonds. The highest BCUT2D eigenvalue weighted by Gasteiger charge is 2.41. The summed E-state index contributed by atoms with van der Waals surface area (Å²) >= 11 is 0. The number of rotatable bonds is 2. The number of aryl methyl sites for hydroxylation is 3. The van der Waals surface area contributed by atoms with E-state index >= 15 is 0 Å². The Morgan fingerprint density at radius 1 is 1.10 bits per heavy atom. The fraction of sp³-hybridized carbons (Fsp3) is 0.312. The molecule has 0 aliphatic carbocycles. The Balaban J connectivity index is 1.95. The normalized spacial score (nSPS) is 18.6. The van der Waals surface area contributed by atoms with Crippen LogP contribution >= 0.6 is 0 Å². The van der Waals surface area contributed by atoms with Crippen LogP contribution in [-0.2, 0) is 9.59 Å². The molecule has 5 heteroatoms. The molecule has 1 fully saturated rings. The van der Waals surface area contributed by atoms with Crippen LogP contribution in [0.1, 0.15) is 29.4 Å². The second-order valence-electron chi connectivity index (χ2n) is 5.49. The summed E-state index contributed by atoms with van der Waals surface area (Å²) in [5.41, 5.74) is 3.46. The Morgan fingerprint density at radius 3 is 2.33 bits per heavy atom. The fourth-order valence-corrected chi connectivity index (χ4v) is 2.73. The van der Waals surface area contributed by atoms with E-state index in [9.17, 15) is 9.59 Å². The summed E-state index contributed by atoms with van der Waals surface area (Å²) in [5, 5.41) is 4.34. The molecule has 3 rings (SSSR count). The number of benzene rings is 1. The van der Waals surface area contributed by atoms with Crippen molar-refractivity contribution in [1.82, 2.24) is 9.78 Å². The van der Waals surface area contributed by atoms with Crippen molar-refractivity contribution >= 4 is 17.5 Å². The van der Waals surface area contributed by atoms with Gasteiger partial charge in [0.25, 0.3) is 5.91 Å². The standard InChI is InChI=1S/C16H17N3O2/c1-10-4-6-13(7-5-10)18-15(20)9-14(16(18)21)19-12(3)8-11(2)17-19/h4-8,14H,9H2,1-3H3/t14-/m1/s1. The average molecular weight is 283 g/mol. The minimum Gasteiger partial charge on any atom is -0.274 e. The second-order valence-corrected chi connectivity index (χ2v) is 5.49. The summed E-state index contributed by atoms with van der Waals surface area (Å²) in [6, 6.07) is 8.77. The first-order chi connectivity index (χ1) is 9.97. The quantitative estimate of drug-likeness (QED) is 0.795. The van der Waals surface area contributed by atoms with Gasteiger partial charge in [0, 0.05) is 5.69 Å². The van der Waals surface area contributed by atoms with Gasteiger partial charge in [-0.25, -0.2) is 4.90 Å². The molecule has 0 saturated carbocycles. The number of anilines is 1. The summed E-state index contributed by atoms with van der Waals surface area (Å²) in [6.45, 7) is 5.74. The Kier molecular flexibility index (Phi) is 3.12. The van der Waals surface area contributed by atoms with Gasteiger partial charge in [0.05, 0.1) is 17.8 Å². The molecule has 1 aliphatic rings. The SMILES string of the molecule is Cc1ccc(N2C(=O)C[C@@H](n3nc(C)cc3C)C2=O)cc1. The summed E-state index contributed by atoms with van der Waals surface area (Å²) in [7, 11) is 0. The average Bonchev–Trinajstić information content (AvgIpc) is 2.91. The first-order valence-electron chi connectivity index (χ1n) is 6.93. The Hall–Kier alpha value is -2.43. The van der Waals surface area contributed by atoms with Crippen LogP contribution in [0.15, 0.2) is 30.3 Å². The molecular weight excluding hydrogens is 266 g/mol. The van der Waals surface area contributed by atoms with Gasteiger partial charge in [-0.1, -0.05) is 17.7 Å². The van der Waals surface area contributed by atoms with Crippen molar-refractivity contribution in [2.75, 3.05) is 4.90 Å². The van der Waals surface area contributed by atoms with Crippen molar-refractivity contribution in [3.05, 3.63) is 47.3 Å². The highest BCUT2D eigenvalue weighted by atomic mass is 16.2. The van der Waals surface area contributed by atoms with E-state index in [4.69, 9.17) is 0 Å². The van der Waals surface area contributed by atoms with Crippen molar-refractivity contribution < 1.29 is 9.59 Å². The van der Waals surface area contributed by atoms with Crippen LogP contribution in [0.25, 0.3) is 0 Å². The summed E-state index contributed by atoms with van der Waals surface area (Å²) in [6.07, 6.45) is 0.161. The molecule has 0 radical (unpaired) electrons. The maximum atomic E-state index is 12.6. The lowest BCUT2D eigenvalue weighted by molar-refractivity contribution is -0.122. The topological polar surface area (TPSA) is 55.2 Å². The van der Waals surface area contributed by atoms with Gasteiger partial charge in [0.15, 0.2) is 0 Å². The number of hydrogen-bond acceptors (Lipinski definition) is 3. The zero-order chi connectivity index (χ0) is 15.1. The third kappa shape index (κ3) is 2.24. The van der Waals surface area contributed by atoms with Crippen LogP contribution in [0.3, 0.4) is 0 Å². The Bertz CT molecular complexity index is 716. The van der Waals surface area contributed by atoms with Crippen molar-refractivity contribution in [3.63, 3.8) is 0 Å². The molecule has 1 saturated heterocycles. The van der Waals surface area contributed by atoms with Crippen LogP contribution in [-0.4, -0.2) is 21.6 Å². The van der Waals surface area contributed by atoms with Crippen molar-refractivity contribution in [1.29, 1.82) is 0 Å². The first-order valence-corrected chi connectivity index (χ1v) is 6.93. The number of amides is 2. The predicted molar refractivity (Wildman–Crippen MR) is 79.0 cm³/mol. The van der Waals surface area contributed by atoms with E-state index in [2.05, 4.69) is 5.10 Å². The lowest BCUT2D eigenvalue weighted by atomic mass is 10.2. The van der Waals surface area contributed by atoms with Crippen LogP contribution in [0.4, 0.5) is 5.69 Å². The summed E-state index contributed by atoms with van der Waals surface area (Å²) in [5.74, 6) is -0.392. The summed E-state index contributed by atoms with van der Waals surface area (Å²) < 4.78 is 1.66. The molecule has 0 unspecified atom stereocenters. The van der Waals surface area contributed by atoms with Gasteiger partial charge in [0.2, 0.25) is 5.91 Å². The van der Waals surface area contributed by atoms with Crippen LogP contribution in [0.2, 0.25) is 0 Å². The monoisotopic (exact) mass is 283 g/mol. The van der Waals surface area contributed by atoms with Gasteiger partial charge in [0.1, 0.15) is 6.04 Å². The maximum Gasteiger partial charge on any atom is 0.259 e. The molecule has 0 N–H and O–H groups in total. The Morgan fingerprint density at radius 2 is 1.76 bits per heavy atom.